The van der Waals surface area contributed by atoms with Gasteiger partial charge in [0, 0.05) is 16.6 Å². The number of halogens is 2. The molecule has 2 nitrogen and oxygen atoms in total. The normalized spacial score (nSPS) is 20.9. The number of rotatable bonds is 2. The van der Waals surface area contributed by atoms with Crippen LogP contribution in [0.25, 0.3) is 0 Å². The van der Waals surface area contributed by atoms with Crippen molar-refractivity contribution in [3.05, 3.63) is 34.1 Å². The Morgan fingerprint density at radius 1 is 1.56 bits per heavy atom. The van der Waals surface area contributed by atoms with E-state index in [1.807, 2.05) is 11.0 Å². The van der Waals surface area contributed by atoms with Gasteiger partial charge in [-0.15, -0.1) is 0 Å². The van der Waals surface area contributed by atoms with E-state index in [0.29, 0.717) is 12.1 Å². The Balaban J connectivity index is 2.12. The van der Waals surface area contributed by atoms with E-state index in [-0.39, 0.29) is 11.9 Å². The summed E-state index contributed by atoms with van der Waals surface area (Å²) in [6, 6.07) is 7.27. The molecule has 84 valence electrons. The fourth-order valence-electron chi connectivity index (χ4n) is 2.03. The Hall–Kier alpha value is -0.920. The molecule has 0 amide bonds. The average Bonchev–Trinajstić information content (AvgIpc) is 2.69. The van der Waals surface area contributed by atoms with Gasteiger partial charge in [0.25, 0.3) is 0 Å². The van der Waals surface area contributed by atoms with Crippen molar-refractivity contribution in [3.8, 4) is 6.07 Å². The van der Waals surface area contributed by atoms with Crippen LogP contribution < -0.4 is 0 Å². The van der Waals surface area contributed by atoms with Crippen molar-refractivity contribution in [2.75, 3.05) is 6.54 Å². The lowest BCUT2D eigenvalue weighted by Gasteiger charge is -2.19. The molecule has 1 aliphatic heterocycles. The van der Waals surface area contributed by atoms with Gasteiger partial charge in [0.2, 0.25) is 0 Å². The zero-order chi connectivity index (χ0) is 11.5. The molecule has 1 saturated heterocycles. The SMILES string of the molecule is N#CC1CCCN1Cc1ccc(Br)cc1F. The Bertz CT molecular complexity index is 428. The third kappa shape index (κ3) is 2.42. The fourth-order valence-corrected chi connectivity index (χ4v) is 2.36. The Morgan fingerprint density at radius 2 is 2.38 bits per heavy atom. The standard InChI is InChI=1S/C12H12BrFN2/c13-10-4-3-9(12(14)6-10)8-16-5-1-2-11(16)7-15/h3-4,6,11H,1-2,5,8H2. The van der Waals surface area contributed by atoms with Crippen molar-refractivity contribution in [2.24, 2.45) is 0 Å². The van der Waals surface area contributed by atoms with Crippen LogP contribution in [0.15, 0.2) is 22.7 Å². The molecule has 2 rings (SSSR count). The van der Waals surface area contributed by atoms with Gasteiger partial charge in [-0.1, -0.05) is 22.0 Å². The maximum absolute atomic E-state index is 13.6. The Kier molecular flexibility index (Phi) is 3.57. The first-order valence-corrected chi connectivity index (χ1v) is 6.07. The number of nitrogens with zero attached hydrogens (tertiary/aromatic N) is 2. The van der Waals surface area contributed by atoms with Crippen LogP contribution >= 0.6 is 15.9 Å². The van der Waals surface area contributed by atoms with Crippen molar-refractivity contribution in [1.82, 2.24) is 4.90 Å². The number of hydrogen-bond donors (Lipinski definition) is 0. The molecule has 1 aromatic rings. The van der Waals surface area contributed by atoms with Gasteiger partial charge in [0.15, 0.2) is 0 Å². The van der Waals surface area contributed by atoms with E-state index in [9.17, 15) is 4.39 Å². The molecule has 1 fully saturated rings. The minimum absolute atomic E-state index is 0.0527. The lowest BCUT2D eigenvalue weighted by molar-refractivity contribution is 0.282. The van der Waals surface area contributed by atoms with Crippen LogP contribution in [0.1, 0.15) is 18.4 Å². The summed E-state index contributed by atoms with van der Waals surface area (Å²) in [5.41, 5.74) is 0.658. The molecule has 0 saturated carbocycles. The molecular formula is C12H12BrFN2. The number of hydrogen-bond acceptors (Lipinski definition) is 2. The summed E-state index contributed by atoms with van der Waals surface area (Å²) in [4.78, 5) is 2.03. The maximum atomic E-state index is 13.6. The minimum Gasteiger partial charge on any atom is -0.284 e. The first-order chi connectivity index (χ1) is 7.70. The summed E-state index contributed by atoms with van der Waals surface area (Å²) < 4.78 is 14.3. The molecule has 0 N–H and O–H groups in total. The van der Waals surface area contributed by atoms with Gasteiger partial charge in [-0.25, -0.2) is 4.39 Å². The van der Waals surface area contributed by atoms with Crippen LogP contribution in [-0.2, 0) is 6.54 Å². The quantitative estimate of drug-likeness (QED) is 0.834. The van der Waals surface area contributed by atoms with Gasteiger partial charge in [0.05, 0.1) is 12.1 Å². The zero-order valence-corrected chi connectivity index (χ0v) is 10.4. The van der Waals surface area contributed by atoms with E-state index in [1.54, 1.807) is 6.07 Å². The Morgan fingerprint density at radius 3 is 3.06 bits per heavy atom. The summed E-state index contributed by atoms with van der Waals surface area (Å²) in [5.74, 6) is -0.210. The molecule has 0 aromatic heterocycles. The molecule has 0 aliphatic carbocycles. The molecule has 1 atom stereocenters. The van der Waals surface area contributed by atoms with Crippen molar-refractivity contribution in [2.45, 2.75) is 25.4 Å². The third-order valence-electron chi connectivity index (χ3n) is 2.90. The van der Waals surface area contributed by atoms with E-state index >= 15 is 0 Å². The zero-order valence-electron chi connectivity index (χ0n) is 8.79. The average molecular weight is 283 g/mol. The fraction of sp³-hybridized carbons (Fsp3) is 0.417. The largest absolute Gasteiger partial charge is 0.284 e. The smallest absolute Gasteiger partial charge is 0.128 e. The van der Waals surface area contributed by atoms with Gasteiger partial charge >= 0.3 is 0 Å². The van der Waals surface area contributed by atoms with Crippen LogP contribution in [0.4, 0.5) is 4.39 Å². The lowest BCUT2D eigenvalue weighted by atomic mass is 10.2. The van der Waals surface area contributed by atoms with Crippen LogP contribution in [0.2, 0.25) is 0 Å². The number of benzene rings is 1. The predicted octanol–water partition coefficient (Wildman–Crippen LogP) is 3.08. The van der Waals surface area contributed by atoms with Crippen molar-refractivity contribution >= 4 is 15.9 Å². The highest BCUT2D eigenvalue weighted by molar-refractivity contribution is 9.10. The second kappa shape index (κ2) is 4.94. The summed E-state index contributed by atoms with van der Waals surface area (Å²) >= 11 is 3.23. The molecule has 1 aliphatic rings. The summed E-state index contributed by atoms with van der Waals surface area (Å²) in [5, 5.41) is 8.93. The first-order valence-electron chi connectivity index (χ1n) is 5.28. The minimum atomic E-state index is -0.210. The van der Waals surface area contributed by atoms with Gasteiger partial charge in [-0.3, -0.25) is 4.90 Å². The molecule has 1 heterocycles. The van der Waals surface area contributed by atoms with E-state index in [1.165, 1.54) is 6.07 Å². The first kappa shape index (κ1) is 11.6. The lowest BCUT2D eigenvalue weighted by Crippen LogP contribution is -2.27. The van der Waals surface area contributed by atoms with Crippen LogP contribution in [0.3, 0.4) is 0 Å². The molecule has 0 spiro atoms. The highest BCUT2D eigenvalue weighted by Crippen LogP contribution is 2.22. The molecule has 1 aromatic carbocycles. The van der Waals surface area contributed by atoms with Crippen LogP contribution in [0.5, 0.6) is 0 Å². The topological polar surface area (TPSA) is 27.0 Å². The van der Waals surface area contributed by atoms with Crippen molar-refractivity contribution in [3.63, 3.8) is 0 Å². The molecule has 0 bridgehead atoms. The van der Waals surface area contributed by atoms with Crippen molar-refractivity contribution < 1.29 is 4.39 Å². The van der Waals surface area contributed by atoms with Gasteiger partial charge in [0.1, 0.15) is 5.82 Å². The van der Waals surface area contributed by atoms with Gasteiger partial charge in [-0.05, 0) is 31.5 Å². The second-order valence-electron chi connectivity index (χ2n) is 3.99. The summed E-state index contributed by atoms with van der Waals surface area (Å²) in [7, 11) is 0. The van der Waals surface area contributed by atoms with E-state index < -0.39 is 0 Å². The van der Waals surface area contributed by atoms with E-state index in [2.05, 4.69) is 22.0 Å². The number of nitriles is 1. The van der Waals surface area contributed by atoms with E-state index in [0.717, 1.165) is 23.9 Å². The van der Waals surface area contributed by atoms with Gasteiger partial charge < -0.3 is 0 Å². The van der Waals surface area contributed by atoms with Crippen LogP contribution in [-0.4, -0.2) is 17.5 Å². The van der Waals surface area contributed by atoms with Gasteiger partial charge in [-0.2, -0.15) is 5.26 Å². The second-order valence-corrected chi connectivity index (χ2v) is 4.91. The highest BCUT2D eigenvalue weighted by atomic mass is 79.9. The third-order valence-corrected chi connectivity index (χ3v) is 3.39. The summed E-state index contributed by atoms with van der Waals surface area (Å²) in [6.07, 6.45) is 1.92. The molecule has 1 unspecified atom stereocenters. The summed E-state index contributed by atoms with van der Waals surface area (Å²) in [6.45, 7) is 1.41. The maximum Gasteiger partial charge on any atom is 0.128 e. The Labute approximate surface area is 103 Å². The highest BCUT2D eigenvalue weighted by Gasteiger charge is 2.24. The molecule has 16 heavy (non-hydrogen) atoms. The molecule has 0 radical (unpaired) electrons. The number of likely N-dealkylation sites (tertiary alicyclic amines) is 1. The van der Waals surface area contributed by atoms with E-state index in [4.69, 9.17) is 5.26 Å². The predicted molar refractivity (Wildman–Crippen MR) is 63.1 cm³/mol. The van der Waals surface area contributed by atoms with Crippen LogP contribution in [0, 0.1) is 17.1 Å². The monoisotopic (exact) mass is 282 g/mol. The van der Waals surface area contributed by atoms with Crippen molar-refractivity contribution in [1.29, 1.82) is 5.26 Å². The molecular weight excluding hydrogens is 271 g/mol. The molecule has 4 heteroatoms.